The lowest BCUT2D eigenvalue weighted by Gasteiger charge is -2.03. The first-order chi connectivity index (χ1) is 7.31. The van der Waals surface area contributed by atoms with Crippen LogP contribution in [0.15, 0.2) is 0 Å². The molecule has 0 aliphatic rings. The molecule has 0 N–H and O–H groups in total. The minimum atomic E-state index is -0.0735. The van der Waals surface area contributed by atoms with Gasteiger partial charge >= 0.3 is 5.97 Å². The van der Waals surface area contributed by atoms with E-state index >= 15 is 0 Å². The van der Waals surface area contributed by atoms with Crippen LogP contribution in [-0.4, -0.2) is 18.5 Å². The molecule has 0 spiro atoms. The summed E-state index contributed by atoms with van der Waals surface area (Å²) in [6, 6.07) is 0. The molecular weight excluding hydrogens is 212 g/mol. The molecule has 0 rings (SSSR count). The van der Waals surface area contributed by atoms with E-state index in [1.807, 2.05) is 0 Å². The summed E-state index contributed by atoms with van der Waals surface area (Å²) in [5, 5.41) is 0. The average Bonchev–Trinajstić information content (AvgIpc) is 2.23. The Kier molecular flexibility index (Phi) is 11.6. The van der Waals surface area contributed by atoms with Crippen molar-refractivity contribution in [3.63, 3.8) is 0 Å². The second-order valence-electron chi connectivity index (χ2n) is 3.78. The molecule has 15 heavy (non-hydrogen) atoms. The van der Waals surface area contributed by atoms with Crippen molar-refractivity contribution >= 4 is 17.6 Å². The third-order valence-corrected chi connectivity index (χ3v) is 2.54. The molecule has 0 fully saturated rings. The monoisotopic (exact) mass is 234 g/mol. The van der Waals surface area contributed by atoms with Crippen LogP contribution in [0.5, 0.6) is 0 Å². The predicted octanol–water partition coefficient (Wildman–Crippen LogP) is 3.91. The highest BCUT2D eigenvalue weighted by Gasteiger charge is 2.01. The second kappa shape index (κ2) is 11.8. The second-order valence-corrected chi connectivity index (χ2v) is 4.16. The molecule has 0 radical (unpaired) electrons. The Labute approximate surface area is 98.3 Å². The summed E-state index contributed by atoms with van der Waals surface area (Å²) in [6.07, 6.45) is 8.52. The molecule has 0 saturated carbocycles. The Morgan fingerprint density at radius 2 is 1.73 bits per heavy atom. The maximum absolute atomic E-state index is 11.1. The van der Waals surface area contributed by atoms with Gasteiger partial charge in [0.15, 0.2) is 0 Å². The van der Waals surface area contributed by atoms with E-state index in [0.717, 1.165) is 19.3 Å². The molecule has 0 unspecified atom stereocenters. The largest absolute Gasteiger partial charge is 0.466 e. The van der Waals surface area contributed by atoms with Crippen LogP contribution in [0, 0.1) is 0 Å². The lowest BCUT2D eigenvalue weighted by molar-refractivity contribution is -0.143. The van der Waals surface area contributed by atoms with Crippen molar-refractivity contribution in [3.05, 3.63) is 0 Å². The first-order valence-electron chi connectivity index (χ1n) is 6.02. The molecule has 0 aliphatic carbocycles. The Hall–Kier alpha value is -0.240. The van der Waals surface area contributed by atoms with Crippen LogP contribution in [0.1, 0.15) is 58.3 Å². The van der Waals surface area contributed by atoms with Gasteiger partial charge in [-0.25, -0.2) is 0 Å². The van der Waals surface area contributed by atoms with Crippen LogP contribution in [0.4, 0.5) is 0 Å². The highest BCUT2D eigenvalue weighted by molar-refractivity contribution is 6.17. The Morgan fingerprint density at radius 1 is 1.07 bits per heavy atom. The number of unbranched alkanes of at least 4 members (excludes halogenated alkanes) is 5. The molecule has 0 heterocycles. The fourth-order valence-corrected chi connectivity index (χ4v) is 1.47. The summed E-state index contributed by atoms with van der Waals surface area (Å²) in [5.74, 6) is 0.486. The zero-order chi connectivity index (χ0) is 11.4. The SMILES string of the molecule is CCCCCCCCC(=O)OCCCCl. The van der Waals surface area contributed by atoms with E-state index in [4.69, 9.17) is 16.3 Å². The summed E-state index contributed by atoms with van der Waals surface area (Å²) in [4.78, 5) is 11.1. The molecule has 90 valence electrons. The minimum absolute atomic E-state index is 0.0735. The number of ether oxygens (including phenoxy) is 1. The maximum atomic E-state index is 11.1. The highest BCUT2D eigenvalue weighted by Crippen LogP contribution is 2.07. The van der Waals surface area contributed by atoms with Crippen molar-refractivity contribution in [1.82, 2.24) is 0 Å². The summed E-state index contributed by atoms with van der Waals surface area (Å²) in [7, 11) is 0. The number of hydrogen-bond donors (Lipinski definition) is 0. The van der Waals surface area contributed by atoms with Gasteiger partial charge in [0.25, 0.3) is 0 Å². The van der Waals surface area contributed by atoms with Gasteiger partial charge in [-0.05, 0) is 12.8 Å². The minimum Gasteiger partial charge on any atom is -0.466 e. The van der Waals surface area contributed by atoms with Gasteiger partial charge in [-0.2, -0.15) is 0 Å². The van der Waals surface area contributed by atoms with E-state index in [1.165, 1.54) is 25.7 Å². The first kappa shape index (κ1) is 14.8. The van der Waals surface area contributed by atoms with Crippen molar-refractivity contribution in [1.29, 1.82) is 0 Å². The van der Waals surface area contributed by atoms with Gasteiger partial charge in [0.2, 0.25) is 0 Å². The molecule has 0 bridgehead atoms. The molecular formula is C12H23ClO2. The smallest absolute Gasteiger partial charge is 0.305 e. The van der Waals surface area contributed by atoms with Crippen molar-refractivity contribution in [2.45, 2.75) is 58.3 Å². The van der Waals surface area contributed by atoms with E-state index < -0.39 is 0 Å². The van der Waals surface area contributed by atoms with E-state index in [9.17, 15) is 4.79 Å². The lowest BCUT2D eigenvalue weighted by atomic mass is 10.1. The number of carbonyl (C=O) groups excluding carboxylic acids is 1. The summed E-state index contributed by atoms with van der Waals surface area (Å²) >= 11 is 5.47. The van der Waals surface area contributed by atoms with Crippen LogP contribution in [0.2, 0.25) is 0 Å². The number of carbonyl (C=O) groups is 1. The van der Waals surface area contributed by atoms with Crippen LogP contribution in [0.3, 0.4) is 0 Å². The number of hydrogen-bond acceptors (Lipinski definition) is 2. The Balaban J connectivity index is 3.10. The molecule has 0 saturated heterocycles. The molecule has 0 aliphatic heterocycles. The van der Waals surface area contributed by atoms with Crippen LogP contribution >= 0.6 is 11.6 Å². The van der Waals surface area contributed by atoms with E-state index in [1.54, 1.807) is 0 Å². The van der Waals surface area contributed by atoms with Gasteiger partial charge in [0.05, 0.1) is 6.61 Å². The van der Waals surface area contributed by atoms with Gasteiger partial charge in [-0.15, -0.1) is 11.6 Å². The van der Waals surface area contributed by atoms with Crippen molar-refractivity contribution < 1.29 is 9.53 Å². The summed E-state index contributed by atoms with van der Waals surface area (Å²) in [5.41, 5.74) is 0. The number of halogens is 1. The Morgan fingerprint density at radius 3 is 2.40 bits per heavy atom. The standard InChI is InChI=1S/C12H23ClO2/c1-2-3-4-5-6-7-9-12(14)15-11-8-10-13/h2-11H2,1H3. The normalized spacial score (nSPS) is 10.3. The molecule has 2 nitrogen and oxygen atoms in total. The van der Waals surface area contributed by atoms with E-state index in [2.05, 4.69) is 6.92 Å². The van der Waals surface area contributed by atoms with Gasteiger partial charge in [0, 0.05) is 12.3 Å². The molecule has 0 atom stereocenters. The van der Waals surface area contributed by atoms with Gasteiger partial charge < -0.3 is 4.74 Å². The van der Waals surface area contributed by atoms with Crippen molar-refractivity contribution in [3.8, 4) is 0 Å². The third-order valence-electron chi connectivity index (χ3n) is 2.28. The van der Waals surface area contributed by atoms with E-state index in [-0.39, 0.29) is 5.97 Å². The Bertz CT molecular complexity index is 149. The summed E-state index contributed by atoms with van der Waals surface area (Å²) in [6.45, 7) is 2.67. The van der Waals surface area contributed by atoms with Crippen molar-refractivity contribution in [2.24, 2.45) is 0 Å². The molecule has 3 heteroatoms. The third kappa shape index (κ3) is 11.7. The molecule has 0 amide bonds. The molecule has 0 aromatic carbocycles. The zero-order valence-corrected chi connectivity index (χ0v) is 10.5. The topological polar surface area (TPSA) is 26.3 Å². The number of alkyl halides is 1. The van der Waals surface area contributed by atoms with Crippen LogP contribution < -0.4 is 0 Å². The fourth-order valence-electron chi connectivity index (χ4n) is 1.36. The number of rotatable bonds is 10. The number of esters is 1. The quantitative estimate of drug-likeness (QED) is 0.326. The van der Waals surface area contributed by atoms with Crippen molar-refractivity contribution in [2.75, 3.05) is 12.5 Å². The maximum Gasteiger partial charge on any atom is 0.305 e. The van der Waals surface area contributed by atoms with E-state index in [0.29, 0.717) is 18.9 Å². The predicted molar refractivity (Wildman–Crippen MR) is 64.3 cm³/mol. The van der Waals surface area contributed by atoms with Crippen LogP contribution in [0.25, 0.3) is 0 Å². The zero-order valence-electron chi connectivity index (χ0n) is 9.77. The molecule has 0 aromatic heterocycles. The van der Waals surface area contributed by atoms with Crippen LogP contribution in [-0.2, 0) is 9.53 Å². The average molecular weight is 235 g/mol. The highest BCUT2D eigenvalue weighted by atomic mass is 35.5. The van der Waals surface area contributed by atoms with Gasteiger partial charge in [-0.3, -0.25) is 4.79 Å². The van der Waals surface area contributed by atoms with Gasteiger partial charge in [-0.1, -0.05) is 39.0 Å². The molecule has 0 aromatic rings. The van der Waals surface area contributed by atoms with Gasteiger partial charge in [0.1, 0.15) is 0 Å². The lowest BCUT2D eigenvalue weighted by Crippen LogP contribution is -2.05. The summed E-state index contributed by atoms with van der Waals surface area (Å²) < 4.78 is 4.99. The first-order valence-corrected chi connectivity index (χ1v) is 6.56. The fraction of sp³-hybridized carbons (Fsp3) is 0.917.